The van der Waals surface area contributed by atoms with Gasteiger partial charge in [-0.2, -0.15) is 0 Å². The Labute approximate surface area is 142 Å². The maximum absolute atomic E-state index is 11.9. The molecule has 23 heavy (non-hydrogen) atoms. The molecule has 0 unspecified atom stereocenters. The van der Waals surface area contributed by atoms with Crippen LogP contribution in [0.2, 0.25) is 0 Å². The van der Waals surface area contributed by atoms with Crippen LogP contribution in [0.15, 0.2) is 11.4 Å². The van der Waals surface area contributed by atoms with Crippen LogP contribution in [0.25, 0.3) is 0 Å². The number of likely N-dealkylation sites (tertiary alicyclic amines) is 1. The summed E-state index contributed by atoms with van der Waals surface area (Å²) in [4.78, 5) is 17.5. The van der Waals surface area contributed by atoms with E-state index >= 15 is 0 Å². The predicted octanol–water partition coefficient (Wildman–Crippen LogP) is 1.78. The van der Waals surface area contributed by atoms with Crippen LogP contribution in [0.5, 0.6) is 0 Å². The predicted molar refractivity (Wildman–Crippen MR) is 92.0 cm³/mol. The van der Waals surface area contributed by atoms with Gasteiger partial charge in [0, 0.05) is 48.4 Å². The fraction of sp³-hybridized carbons (Fsp3) is 0.611. The number of aliphatic hydroxyl groups is 1. The number of fused-ring (bicyclic) bond motifs is 1. The van der Waals surface area contributed by atoms with Gasteiger partial charge in [-0.25, -0.2) is 0 Å². The van der Waals surface area contributed by atoms with Gasteiger partial charge in [0.15, 0.2) is 0 Å². The molecule has 0 radical (unpaired) electrons. The molecule has 1 N–H and O–H groups in total. The average Bonchev–Trinajstić information content (AvgIpc) is 3.12. The fourth-order valence-electron chi connectivity index (χ4n) is 3.89. The topological polar surface area (TPSA) is 43.8 Å². The van der Waals surface area contributed by atoms with Crippen molar-refractivity contribution in [2.75, 3.05) is 27.2 Å². The van der Waals surface area contributed by atoms with E-state index in [9.17, 15) is 4.79 Å². The second kappa shape index (κ2) is 7.04. The van der Waals surface area contributed by atoms with Gasteiger partial charge in [0.25, 0.3) is 0 Å². The third-order valence-electron chi connectivity index (χ3n) is 5.18. The Kier molecular flexibility index (Phi) is 5.05. The van der Waals surface area contributed by atoms with Gasteiger partial charge in [-0.05, 0) is 37.8 Å². The molecule has 2 aliphatic rings. The molecule has 1 aromatic rings. The summed E-state index contributed by atoms with van der Waals surface area (Å²) in [5, 5.41) is 10.8. The summed E-state index contributed by atoms with van der Waals surface area (Å²) in [7, 11) is 4.11. The molecule has 1 aliphatic heterocycles. The minimum Gasteiger partial charge on any atom is -0.384 e. The lowest BCUT2D eigenvalue weighted by Crippen LogP contribution is -2.39. The summed E-state index contributed by atoms with van der Waals surface area (Å²) in [6.07, 6.45) is 3.07. The minimum absolute atomic E-state index is 0.0941. The Hall–Kier alpha value is -1.35. The normalized spacial score (nSPS) is 27.0. The molecule has 0 bridgehead atoms. The van der Waals surface area contributed by atoms with Crippen molar-refractivity contribution in [1.29, 1.82) is 0 Å². The first-order valence-corrected chi connectivity index (χ1v) is 9.06. The van der Waals surface area contributed by atoms with Gasteiger partial charge in [0.2, 0.25) is 5.91 Å². The Morgan fingerprint density at radius 2 is 2.22 bits per heavy atom. The van der Waals surface area contributed by atoms with Gasteiger partial charge >= 0.3 is 0 Å². The summed E-state index contributed by atoms with van der Waals surface area (Å²) in [5.41, 5.74) is 0.986. The van der Waals surface area contributed by atoms with E-state index in [1.807, 2.05) is 17.3 Å². The molecule has 124 valence electrons. The molecule has 1 amide bonds. The summed E-state index contributed by atoms with van der Waals surface area (Å²) in [6.45, 7) is 1.76. The molecule has 1 aromatic heterocycles. The number of carbonyl (C=O) groups excluding carboxylic acids is 1. The van der Waals surface area contributed by atoms with Crippen molar-refractivity contribution in [3.05, 3.63) is 21.9 Å². The first-order valence-electron chi connectivity index (χ1n) is 8.18. The zero-order valence-electron chi connectivity index (χ0n) is 13.8. The monoisotopic (exact) mass is 332 g/mol. The number of amides is 1. The van der Waals surface area contributed by atoms with E-state index in [4.69, 9.17) is 5.11 Å². The molecule has 0 aromatic carbocycles. The van der Waals surface area contributed by atoms with Crippen LogP contribution in [-0.4, -0.2) is 54.1 Å². The number of thiophene rings is 1. The van der Waals surface area contributed by atoms with Crippen LogP contribution in [0.1, 0.15) is 29.7 Å². The Balaban J connectivity index is 1.58. The van der Waals surface area contributed by atoms with Gasteiger partial charge in [0.1, 0.15) is 6.61 Å². The Morgan fingerprint density at radius 3 is 3.00 bits per heavy atom. The van der Waals surface area contributed by atoms with Crippen molar-refractivity contribution in [3.8, 4) is 11.8 Å². The largest absolute Gasteiger partial charge is 0.384 e. The average molecular weight is 332 g/mol. The molecule has 2 heterocycles. The third kappa shape index (κ3) is 3.77. The van der Waals surface area contributed by atoms with Gasteiger partial charge in [0.05, 0.1) is 0 Å². The molecule has 3 rings (SSSR count). The highest BCUT2D eigenvalue weighted by Crippen LogP contribution is 2.40. The van der Waals surface area contributed by atoms with E-state index in [0.717, 1.165) is 31.5 Å². The summed E-state index contributed by atoms with van der Waals surface area (Å²) >= 11 is 1.73. The van der Waals surface area contributed by atoms with E-state index in [1.165, 1.54) is 11.3 Å². The van der Waals surface area contributed by atoms with Crippen LogP contribution >= 0.6 is 11.3 Å². The quantitative estimate of drug-likeness (QED) is 0.858. The van der Waals surface area contributed by atoms with Gasteiger partial charge in [-0.15, -0.1) is 11.3 Å². The van der Waals surface area contributed by atoms with Crippen molar-refractivity contribution in [2.24, 2.45) is 11.8 Å². The lowest BCUT2D eigenvalue weighted by atomic mass is 9.88. The zero-order chi connectivity index (χ0) is 16.4. The number of aliphatic hydroxyl groups excluding tert-OH is 1. The lowest BCUT2D eigenvalue weighted by molar-refractivity contribution is -0.134. The summed E-state index contributed by atoms with van der Waals surface area (Å²) in [5.74, 6) is 7.19. The van der Waals surface area contributed by atoms with Gasteiger partial charge in [-0.3, -0.25) is 9.69 Å². The number of hydrogen-bond donors (Lipinski definition) is 1. The minimum atomic E-state index is -0.0941. The van der Waals surface area contributed by atoms with Crippen molar-refractivity contribution < 1.29 is 9.90 Å². The number of carbonyl (C=O) groups is 1. The second-order valence-corrected chi connectivity index (χ2v) is 7.80. The summed E-state index contributed by atoms with van der Waals surface area (Å²) < 4.78 is 0. The van der Waals surface area contributed by atoms with E-state index < -0.39 is 0 Å². The molecule has 5 heteroatoms. The molecule has 2 fully saturated rings. The van der Waals surface area contributed by atoms with Gasteiger partial charge in [-0.1, -0.05) is 11.8 Å². The van der Waals surface area contributed by atoms with Crippen LogP contribution in [-0.2, 0) is 11.3 Å². The molecule has 0 spiro atoms. The van der Waals surface area contributed by atoms with Crippen molar-refractivity contribution >= 4 is 17.2 Å². The Morgan fingerprint density at radius 1 is 1.43 bits per heavy atom. The molecule has 1 saturated carbocycles. The molecule has 1 aliphatic carbocycles. The number of hydrogen-bond acceptors (Lipinski definition) is 4. The SMILES string of the molecule is CN1C[C@@H]2C[C@H](N(C)Cc3cc(C#CCO)cs3)C[C@@H]2CC1=O. The lowest BCUT2D eigenvalue weighted by Gasteiger charge is -2.31. The van der Waals surface area contributed by atoms with Crippen LogP contribution in [0.3, 0.4) is 0 Å². The van der Waals surface area contributed by atoms with E-state index in [0.29, 0.717) is 23.8 Å². The van der Waals surface area contributed by atoms with E-state index in [2.05, 4.69) is 29.9 Å². The van der Waals surface area contributed by atoms with Crippen molar-refractivity contribution in [3.63, 3.8) is 0 Å². The Bertz CT molecular complexity index is 630. The summed E-state index contributed by atoms with van der Waals surface area (Å²) in [6, 6.07) is 2.68. The molecule has 3 atom stereocenters. The third-order valence-corrected chi connectivity index (χ3v) is 6.10. The standard InChI is InChI=1S/C18H24N2O2S/c1-19(11-17-6-13(12-23-17)4-3-5-21)16-7-14-9-18(22)20(2)10-15(14)8-16/h6,12,14-16,21H,5,7-11H2,1-2H3/t14-,15+,16-/m1/s1. The first kappa shape index (κ1) is 16.5. The highest BCUT2D eigenvalue weighted by Gasteiger charge is 2.41. The van der Waals surface area contributed by atoms with Crippen LogP contribution < -0.4 is 0 Å². The first-order chi connectivity index (χ1) is 11.1. The molecular weight excluding hydrogens is 308 g/mol. The van der Waals surface area contributed by atoms with Crippen molar-refractivity contribution in [1.82, 2.24) is 9.80 Å². The number of nitrogens with zero attached hydrogens (tertiary/aromatic N) is 2. The van der Waals surface area contributed by atoms with Crippen molar-refractivity contribution in [2.45, 2.75) is 31.8 Å². The van der Waals surface area contributed by atoms with Gasteiger partial charge < -0.3 is 10.0 Å². The molecular formula is C18H24N2O2S. The number of piperidine rings is 1. The van der Waals surface area contributed by atoms with E-state index in [1.54, 1.807) is 11.3 Å². The maximum atomic E-state index is 11.9. The highest BCUT2D eigenvalue weighted by atomic mass is 32.1. The van der Waals surface area contributed by atoms with Crippen LogP contribution in [0, 0.1) is 23.7 Å². The van der Waals surface area contributed by atoms with Crippen LogP contribution in [0.4, 0.5) is 0 Å². The molecule has 4 nitrogen and oxygen atoms in total. The molecule has 1 saturated heterocycles. The fourth-order valence-corrected chi connectivity index (χ4v) is 4.77. The maximum Gasteiger partial charge on any atom is 0.222 e. The highest BCUT2D eigenvalue weighted by molar-refractivity contribution is 7.10. The second-order valence-electron chi connectivity index (χ2n) is 6.80. The zero-order valence-corrected chi connectivity index (χ0v) is 14.6. The van der Waals surface area contributed by atoms with E-state index in [-0.39, 0.29) is 6.61 Å². The number of rotatable bonds is 3. The smallest absolute Gasteiger partial charge is 0.222 e.